The molecule has 4 nitrogen and oxygen atoms in total. The molecule has 0 radical (unpaired) electrons. The van der Waals surface area contributed by atoms with E-state index in [1.165, 1.54) is 11.3 Å². The molecule has 0 fully saturated rings. The van der Waals surface area contributed by atoms with Crippen molar-refractivity contribution in [3.8, 4) is 0 Å². The van der Waals surface area contributed by atoms with E-state index in [0.717, 1.165) is 17.7 Å². The van der Waals surface area contributed by atoms with Gasteiger partial charge in [0, 0.05) is 16.3 Å². The lowest BCUT2D eigenvalue weighted by atomic mass is 10.1. The maximum Gasteiger partial charge on any atom is 0.241 e. The smallest absolute Gasteiger partial charge is 0.241 e. The number of hydrogen-bond acceptors (Lipinski definition) is 4. The predicted molar refractivity (Wildman–Crippen MR) is 95.2 cm³/mol. The van der Waals surface area contributed by atoms with E-state index in [1.807, 2.05) is 18.2 Å². The van der Waals surface area contributed by atoms with Gasteiger partial charge in [-0.2, -0.15) is 0 Å². The highest BCUT2D eigenvalue weighted by atomic mass is 32.2. The SMILES string of the molecule is O=S(=O)(NCc1ccc([C@@H](O)c2ccccc2)s1)c1ccc(F)c(F)c1. The average Bonchev–Trinajstić information content (AvgIpc) is 3.11. The summed E-state index contributed by atoms with van der Waals surface area (Å²) in [5, 5.41) is 10.4. The largest absolute Gasteiger partial charge is 0.383 e. The second kappa shape index (κ2) is 7.63. The number of thiophene rings is 1. The minimum absolute atomic E-state index is 0.0203. The van der Waals surface area contributed by atoms with Gasteiger partial charge in [-0.3, -0.25) is 0 Å². The van der Waals surface area contributed by atoms with Crippen LogP contribution in [0, 0.1) is 11.6 Å². The lowest BCUT2D eigenvalue weighted by molar-refractivity contribution is 0.224. The van der Waals surface area contributed by atoms with E-state index in [0.29, 0.717) is 15.8 Å². The Bertz CT molecular complexity index is 1000. The zero-order chi connectivity index (χ0) is 18.7. The van der Waals surface area contributed by atoms with Crippen molar-refractivity contribution in [1.82, 2.24) is 4.72 Å². The fraction of sp³-hybridized carbons (Fsp3) is 0.111. The molecule has 1 atom stereocenters. The van der Waals surface area contributed by atoms with Gasteiger partial charge in [-0.1, -0.05) is 30.3 Å². The molecule has 0 saturated carbocycles. The van der Waals surface area contributed by atoms with Crippen LogP contribution in [-0.4, -0.2) is 13.5 Å². The van der Waals surface area contributed by atoms with E-state index >= 15 is 0 Å². The Labute approximate surface area is 153 Å². The predicted octanol–water partition coefficient (Wildman–Crippen LogP) is 3.59. The zero-order valence-corrected chi connectivity index (χ0v) is 15.0. The molecule has 8 heteroatoms. The fourth-order valence-corrected chi connectivity index (χ4v) is 4.41. The number of benzene rings is 2. The fourth-order valence-electron chi connectivity index (χ4n) is 2.33. The lowest BCUT2D eigenvalue weighted by Crippen LogP contribution is -2.23. The van der Waals surface area contributed by atoms with Crippen LogP contribution in [0.15, 0.2) is 65.6 Å². The van der Waals surface area contributed by atoms with Crippen molar-refractivity contribution in [3.05, 3.63) is 87.6 Å². The van der Waals surface area contributed by atoms with Crippen LogP contribution < -0.4 is 4.72 Å². The van der Waals surface area contributed by atoms with Gasteiger partial charge >= 0.3 is 0 Å². The van der Waals surface area contributed by atoms with E-state index in [4.69, 9.17) is 0 Å². The average molecular weight is 395 g/mol. The number of aliphatic hydroxyl groups is 1. The molecule has 0 unspecified atom stereocenters. The topological polar surface area (TPSA) is 66.4 Å². The van der Waals surface area contributed by atoms with Crippen LogP contribution in [0.2, 0.25) is 0 Å². The van der Waals surface area contributed by atoms with E-state index in [9.17, 15) is 22.3 Å². The number of nitrogens with one attached hydrogen (secondary N) is 1. The molecule has 0 spiro atoms. The third-order valence-corrected chi connectivity index (χ3v) is 6.24. The Morgan fingerprint density at radius 2 is 1.73 bits per heavy atom. The molecule has 26 heavy (non-hydrogen) atoms. The van der Waals surface area contributed by atoms with Gasteiger partial charge in [0.1, 0.15) is 6.10 Å². The molecular formula is C18H15F2NO3S2. The van der Waals surface area contributed by atoms with Crippen LogP contribution in [0.3, 0.4) is 0 Å². The standard InChI is InChI=1S/C18H15F2NO3S2/c19-15-8-7-14(10-16(15)20)26(23,24)21-11-13-6-9-17(25-13)18(22)12-4-2-1-3-5-12/h1-10,18,21-22H,11H2/t18-/m0/s1. The summed E-state index contributed by atoms with van der Waals surface area (Å²) in [4.78, 5) is 1.01. The zero-order valence-electron chi connectivity index (χ0n) is 13.4. The van der Waals surface area contributed by atoms with Gasteiger partial charge < -0.3 is 5.11 Å². The first-order valence-corrected chi connectivity index (χ1v) is 9.93. The van der Waals surface area contributed by atoms with Crippen LogP contribution in [0.25, 0.3) is 0 Å². The molecular weight excluding hydrogens is 380 g/mol. The van der Waals surface area contributed by atoms with Gasteiger partial charge in [-0.15, -0.1) is 11.3 Å². The van der Waals surface area contributed by atoms with Crippen molar-refractivity contribution in [1.29, 1.82) is 0 Å². The van der Waals surface area contributed by atoms with Gasteiger partial charge in [0.15, 0.2) is 11.6 Å². The van der Waals surface area contributed by atoms with E-state index < -0.39 is 27.8 Å². The first-order valence-electron chi connectivity index (χ1n) is 7.63. The molecule has 0 bridgehead atoms. The quantitative estimate of drug-likeness (QED) is 0.670. The molecule has 0 aliphatic heterocycles. The Morgan fingerprint density at radius 3 is 2.42 bits per heavy atom. The third-order valence-electron chi connectivity index (χ3n) is 3.71. The maximum absolute atomic E-state index is 13.2. The van der Waals surface area contributed by atoms with Gasteiger partial charge in [0.2, 0.25) is 10.0 Å². The minimum atomic E-state index is -3.97. The Morgan fingerprint density at radius 1 is 1.00 bits per heavy atom. The van der Waals surface area contributed by atoms with Crippen LogP contribution in [0.5, 0.6) is 0 Å². The summed E-state index contributed by atoms with van der Waals surface area (Å²) in [5.74, 6) is -2.33. The number of aliphatic hydroxyl groups excluding tert-OH is 1. The highest BCUT2D eigenvalue weighted by Gasteiger charge is 2.18. The monoisotopic (exact) mass is 395 g/mol. The summed E-state index contributed by atoms with van der Waals surface area (Å²) in [6.45, 7) is -0.0203. The second-order valence-electron chi connectivity index (χ2n) is 5.52. The molecule has 0 aliphatic rings. The van der Waals surface area contributed by atoms with Gasteiger partial charge in [0.25, 0.3) is 0 Å². The summed E-state index contributed by atoms with van der Waals surface area (Å²) in [6.07, 6.45) is -0.794. The number of rotatable bonds is 6. The minimum Gasteiger partial charge on any atom is -0.383 e. The highest BCUT2D eigenvalue weighted by molar-refractivity contribution is 7.89. The molecule has 0 amide bonds. The summed E-state index contributed by atoms with van der Waals surface area (Å²) >= 11 is 1.27. The normalized spacial score (nSPS) is 12.9. The molecule has 3 aromatic rings. The van der Waals surface area contributed by atoms with E-state index in [-0.39, 0.29) is 11.4 Å². The lowest BCUT2D eigenvalue weighted by Gasteiger charge is -2.08. The van der Waals surface area contributed by atoms with E-state index in [1.54, 1.807) is 24.3 Å². The molecule has 136 valence electrons. The van der Waals surface area contributed by atoms with Crippen molar-refractivity contribution in [2.24, 2.45) is 0 Å². The Hall–Kier alpha value is -2.13. The number of halogens is 2. The summed E-state index contributed by atoms with van der Waals surface area (Å²) in [7, 11) is -3.97. The van der Waals surface area contributed by atoms with Gasteiger partial charge in [0.05, 0.1) is 4.90 Å². The Kier molecular flexibility index (Phi) is 5.47. The third kappa shape index (κ3) is 4.16. The van der Waals surface area contributed by atoms with Crippen LogP contribution >= 0.6 is 11.3 Å². The second-order valence-corrected chi connectivity index (χ2v) is 8.48. The summed E-state index contributed by atoms with van der Waals surface area (Å²) in [5.41, 5.74) is 0.739. The van der Waals surface area contributed by atoms with Crippen molar-refractivity contribution >= 4 is 21.4 Å². The Balaban J connectivity index is 1.70. The summed E-state index contributed by atoms with van der Waals surface area (Å²) < 4.78 is 52.9. The number of sulfonamides is 1. The molecule has 2 aromatic carbocycles. The number of hydrogen-bond donors (Lipinski definition) is 2. The molecule has 3 rings (SSSR count). The molecule has 1 aromatic heterocycles. The first-order chi connectivity index (χ1) is 12.4. The van der Waals surface area contributed by atoms with Crippen molar-refractivity contribution in [2.75, 3.05) is 0 Å². The highest BCUT2D eigenvalue weighted by Crippen LogP contribution is 2.28. The first kappa shape index (κ1) is 18.7. The maximum atomic E-state index is 13.2. The van der Waals surface area contributed by atoms with Crippen molar-refractivity contribution < 1.29 is 22.3 Å². The van der Waals surface area contributed by atoms with E-state index in [2.05, 4.69) is 4.72 Å². The van der Waals surface area contributed by atoms with Gasteiger partial charge in [-0.25, -0.2) is 21.9 Å². The molecule has 0 saturated heterocycles. The van der Waals surface area contributed by atoms with Crippen molar-refractivity contribution in [2.45, 2.75) is 17.5 Å². The van der Waals surface area contributed by atoms with Crippen molar-refractivity contribution in [3.63, 3.8) is 0 Å². The molecule has 2 N–H and O–H groups in total. The van der Waals surface area contributed by atoms with Crippen LogP contribution in [0.4, 0.5) is 8.78 Å². The van der Waals surface area contributed by atoms with Crippen LogP contribution in [0.1, 0.15) is 21.4 Å². The van der Waals surface area contributed by atoms with Gasteiger partial charge in [-0.05, 0) is 35.9 Å². The van der Waals surface area contributed by atoms with Crippen LogP contribution in [-0.2, 0) is 16.6 Å². The molecule has 1 heterocycles. The molecule has 0 aliphatic carbocycles. The summed E-state index contributed by atoms with van der Waals surface area (Å²) in [6, 6.07) is 14.9.